The first-order valence-electron chi connectivity index (χ1n) is 10.2. The molecule has 0 bridgehead atoms. The quantitative estimate of drug-likeness (QED) is 0.543. The van der Waals surface area contributed by atoms with Crippen LogP contribution in [-0.2, 0) is 14.3 Å². The van der Waals surface area contributed by atoms with Crippen LogP contribution >= 0.6 is 23.2 Å². The average Bonchev–Trinajstić information content (AvgIpc) is 2.68. The Morgan fingerprint density at radius 2 is 2.00 bits per heavy atom. The number of hydrogen-bond acceptors (Lipinski definition) is 4. The number of rotatable bonds is 10. The van der Waals surface area contributed by atoms with Crippen LogP contribution in [0.2, 0.25) is 10.0 Å². The maximum absolute atomic E-state index is 12.4. The van der Waals surface area contributed by atoms with E-state index in [0.29, 0.717) is 36.3 Å². The van der Waals surface area contributed by atoms with Gasteiger partial charge in [-0.2, -0.15) is 0 Å². The fourth-order valence-electron chi connectivity index (χ4n) is 3.45. The van der Waals surface area contributed by atoms with Crippen molar-refractivity contribution in [1.82, 2.24) is 15.5 Å². The van der Waals surface area contributed by atoms with Crippen LogP contribution in [0, 0.1) is 5.92 Å². The summed E-state index contributed by atoms with van der Waals surface area (Å²) >= 11 is 12.1. The zero-order valence-electron chi connectivity index (χ0n) is 17.2. The number of piperidine rings is 1. The Hall–Kier alpha value is -1.34. The highest BCUT2D eigenvalue weighted by atomic mass is 35.5. The molecule has 29 heavy (non-hydrogen) atoms. The zero-order valence-corrected chi connectivity index (χ0v) is 18.7. The number of halogens is 2. The van der Waals surface area contributed by atoms with Crippen molar-refractivity contribution in [1.29, 1.82) is 0 Å². The largest absolute Gasteiger partial charge is 0.382 e. The van der Waals surface area contributed by atoms with Gasteiger partial charge < -0.3 is 15.4 Å². The van der Waals surface area contributed by atoms with E-state index >= 15 is 0 Å². The maximum Gasteiger partial charge on any atom is 0.234 e. The number of ether oxygens (including phenoxy) is 1. The van der Waals surface area contributed by atoms with Crippen molar-refractivity contribution in [3.63, 3.8) is 0 Å². The van der Waals surface area contributed by atoms with Gasteiger partial charge in [-0.15, -0.1) is 0 Å². The topological polar surface area (TPSA) is 70.7 Å². The lowest BCUT2D eigenvalue weighted by Crippen LogP contribution is -2.45. The Morgan fingerprint density at radius 3 is 2.66 bits per heavy atom. The smallest absolute Gasteiger partial charge is 0.234 e. The zero-order chi connectivity index (χ0) is 21.2. The second-order valence-electron chi connectivity index (χ2n) is 7.35. The molecule has 0 aliphatic carbocycles. The monoisotopic (exact) mass is 443 g/mol. The van der Waals surface area contributed by atoms with Gasteiger partial charge in [-0.3, -0.25) is 14.5 Å². The molecule has 8 heteroatoms. The normalized spacial score (nSPS) is 16.4. The summed E-state index contributed by atoms with van der Waals surface area (Å²) in [7, 11) is 0. The van der Waals surface area contributed by atoms with Crippen LogP contribution in [0.1, 0.15) is 44.7 Å². The molecule has 1 saturated heterocycles. The molecule has 1 atom stereocenters. The minimum absolute atomic E-state index is 0.0215. The van der Waals surface area contributed by atoms with E-state index in [1.54, 1.807) is 12.1 Å². The minimum Gasteiger partial charge on any atom is -0.382 e. The number of likely N-dealkylation sites (tertiary alicyclic amines) is 1. The Labute approximate surface area is 183 Å². The van der Waals surface area contributed by atoms with Crippen molar-refractivity contribution in [2.75, 3.05) is 39.4 Å². The SMILES string of the molecule is CCOCCCNC(=O)C1CCN(CC(=O)NC(C)c2ccc(Cl)cc2Cl)CC1. The summed E-state index contributed by atoms with van der Waals surface area (Å²) in [5, 5.41) is 7.07. The average molecular weight is 444 g/mol. The Bertz CT molecular complexity index is 679. The number of nitrogens with zero attached hydrogens (tertiary/aromatic N) is 1. The van der Waals surface area contributed by atoms with E-state index in [4.69, 9.17) is 27.9 Å². The lowest BCUT2D eigenvalue weighted by atomic mass is 9.96. The number of amides is 2. The first kappa shape index (κ1) is 23.9. The van der Waals surface area contributed by atoms with Gasteiger partial charge in [0.15, 0.2) is 0 Å². The second kappa shape index (κ2) is 12.4. The van der Waals surface area contributed by atoms with Gasteiger partial charge in [0, 0.05) is 35.7 Å². The molecule has 1 fully saturated rings. The molecule has 0 radical (unpaired) electrons. The summed E-state index contributed by atoms with van der Waals surface area (Å²) < 4.78 is 5.27. The summed E-state index contributed by atoms with van der Waals surface area (Å²) in [5.41, 5.74) is 0.837. The molecule has 1 aliphatic rings. The molecule has 0 saturated carbocycles. The Morgan fingerprint density at radius 1 is 1.28 bits per heavy atom. The predicted molar refractivity (Wildman–Crippen MR) is 116 cm³/mol. The van der Waals surface area contributed by atoms with Crippen molar-refractivity contribution >= 4 is 35.0 Å². The van der Waals surface area contributed by atoms with Gasteiger partial charge >= 0.3 is 0 Å². The Balaban J connectivity index is 1.69. The summed E-state index contributed by atoms with van der Waals surface area (Å²) in [5.74, 6) is 0.0761. The van der Waals surface area contributed by atoms with Crippen LogP contribution in [0.25, 0.3) is 0 Å². The van der Waals surface area contributed by atoms with Crippen LogP contribution in [-0.4, -0.2) is 56.1 Å². The van der Waals surface area contributed by atoms with Gasteiger partial charge in [-0.1, -0.05) is 29.3 Å². The molecule has 1 unspecified atom stereocenters. The summed E-state index contributed by atoms with van der Waals surface area (Å²) in [6.07, 6.45) is 2.36. The molecular weight excluding hydrogens is 413 g/mol. The third-order valence-corrected chi connectivity index (χ3v) is 5.66. The molecule has 1 heterocycles. The molecule has 2 rings (SSSR count). The summed E-state index contributed by atoms with van der Waals surface area (Å²) in [4.78, 5) is 26.7. The molecule has 1 aromatic rings. The summed E-state index contributed by atoms with van der Waals surface area (Å²) in [6.45, 7) is 7.66. The number of benzene rings is 1. The van der Waals surface area contributed by atoms with Gasteiger partial charge in [-0.05, 0) is 63.9 Å². The number of carbonyl (C=O) groups excluding carboxylic acids is 2. The van der Waals surface area contributed by atoms with Crippen LogP contribution in [0.3, 0.4) is 0 Å². The fraction of sp³-hybridized carbons (Fsp3) is 0.619. The van der Waals surface area contributed by atoms with Gasteiger partial charge in [-0.25, -0.2) is 0 Å². The molecule has 6 nitrogen and oxygen atoms in total. The van der Waals surface area contributed by atoms with Crippen molar-refractivity contribution in [2.45, 2.75) is 39.2 Å². The van der Waals surface area contributed by atoms with Crippen molar-refractivity contribution in [3.8, 4) is 0 Å². The molecule has 0 aromatic heterocycles. The molecule has 0 spiro atoms. The van der Waals surface area contributed by atoms with E-state index in [1.165, 1.54) is 0 Å². The highest BCUT2D eigenvalue weighted by Crippen LogP contribution is 2.26. The van der Waals surface area contributed by atoms with E-state index in [1.807, 2.05) is 19.9 Å². The first-order valence-corrected chi connectivity index (χ1v) is 11.0. The second-order valence-corrected chi connectivity index (χ2v) is 8.19. The fourth-order valence-corrected chi connectivity index (χ4v) is 4.02. The van der Waals surface area contributed by atoms with Gasteiger partial charge in [0.05, 0.1) is 12.6 Å². The number of carbonyl (C=O) groups is 2. The minimum atomic E-state index is -0.202. The van der Waals surface area contributed by atoms with Crippen LogP contribution in [0.5, 0.6) is 0 Å². The standard InChI is InChI=1S/C21H31Cl2N3O3/c1-3-29-12-4-9-24-21(28)16-7-10-26(11-8-16)14-20(27)25-15(2)18-6-5-17(22)13-19(18)23/h5-6,13,15-16H,3-4,7-12,14H2,1-2H3,(H,24,28)(H,25,27). The number of nitrogens with one attached hydrogen (secondary N) is 2. The van der Waals surface area contributed by atoms with Gasteiger partial charge in [0.2, 0.25) is 11.8 Å². The molecule has 1 aliphatic heterocycles. The van der Waals surface area contributed by atoms with E-state index in [0.717, 1.165) is 37.9 Å². The van der Waals surface area contributed by atoms with Gasteiger partial charge in [0.1, 0.15) is 0 Å². The highest BCUT2D eigenvalue weighted by molar-refractivity contribution is 6.35. The van der Waals surface area contributed by atoms with Crippen molar-refractivity contribution < 1.29 is 14.3 Å². The van der Waals surface area contributed by atoms with Crippen LogP contribution < -0.4 is 10.6 Å². The summed E-state index contributed by atoms with van der Waals surface area (Å²) in [6, 6.07) is 5.06. The maximum atomic E-state index is 12.4. The third-order valence-electron chi connectivity index (χ3n) is 5.10. The van der Waals surface area contributed by atoms with E-state index in [9.17, 15) is 9.59 Å². The molecule has 2 amide bonds. The number of hydrogen-bond donors (Lipinski definition) is 2. The highest BCUT2D eigenvalue weighted by Gasteiger charge is 2.26. The third kappa shape index (κ3) is 8.13. The van der Waals surface area contributed by atoms with Crippen molar-refractivity contribution in [3.05, 3.63) is 33.8 Å². The van der Waals surface area contributed by atoms with Crippen LogP contribution in [0.4, 0.5) is 0 Å². The Kier molecular flexibility index (Phi) is 10.2. The molecule has 2 N–H and O–H groups in total. The van der Waals surface area contributed by atoms with E-state index < -0.39 is 0 Å². The van der Waals surface area contributed by atoms with Crippen LogP contribution in [0.15, 0.2) is 18.2 Å². The lowest BCUT2D eigenvalue weighted by molar-refractivity contribution is -0.127. The van der Waals surface area contributed by atoms with Crippen molar-refractivity contribution in [2.24, 2.45) is 5.92 Å². The van der Waals surface area contributed by atoms with Gasteiger partial charge in [0.25, 0.3) is 0 Å². The predicted octanol–water partition coefficient (Wildman–Crippen LogP) is 3.43. The van der Waals surface area contributed by atoms with E-state index in [2.05, 4.69) is 15.5 Å². The molecular formula is C21H31Cl2N3O3. The molecule has 162 valence electrons. The van der Waals surface area contributed by atoms with E-state index in [-0.39, 0.29) is 23.8 Å². The first-order chi connectivity index (χ1) is 13.9. The lowest BCUT2D eigenvalue weighted by Gasteiger charge is -2.31. The molecule has 1 aromatic carbocycles.